The number of hydrogen-bond acceptors (Lipinski definition) is 5. The van der Waals surface area contributed by atoms with Crippen molar-refractivity contribution in [2.24, 2.45) is 11.3 Å². The van der Waals surface area contributed by atoms with E-state index in [2.05, 4.69) is 36.4 Å². The highest BCUT2D eigenvalue weighted by molar-refractivity contribution is 7.18. The van der Waals surface area contributed by atoms with E-state index in [1.807, 2.05) is 24.3 Å². The molecule has 0 unspecified atom stereocenters. The van der Waals surface area contributed by atoms with Gasteiger partial charge in [-0.3, -0.25) is 14.5 Å². The number of imide groups is 1. The van der Waals surface area contributed by atoms with E-state index in [1.54, 1.807) is 0 Å². The van der Waals surface area contributed by atoms with Crippen molar-refractivity contribution in [1.29, 1.82) is 0 Å². The zero-order chi connectivity index (χ0) is 22.2. The smallest absolute Gasteiger partial charge is 0.325 e. The molecular weight excluding hydrogens is 412 g/mol. The zero-order valence-electron chi connectivity index (χ0n) is 18.4. The average Bonchev–Trinajstić information content (AvgIpc) is 3.27. The predicted octanol–water partition coefficient (Wildman–Crippen LogP) is 3.83. The highest BCUT2D eigenvalue weighted by Gasteiger charge is 2.53. The Labute approximate surface area is 186 Å². The van der Waals surface area contributed by atoms with Crippen molar-refractivity contribution in [3.8, 4) is 0 Å². The minimum Gasteiger partial charge on any atom is -0.348 e. The van der Waals surface area contributed by atoms with Crippen molar-refractivity contribution >= 4 is 39.4 Å². The van der Waals surface area contributed by atoms with E-state index in [-0.39, 0.29) is 30.3 Å². The maximum absolute atomic E-state index is 13.1. The molecule has 1 aromatic carbocycles. The largest absolute Gasteiger partial charge is 0.348 e. The van der Waals surface area contributed by atoms with Crippen LogP contribution in [-0.4, -0.2) is 39.8 Å². The van der Waals surface area contributed by atoms with E-state index in [9.17, 15) is 14.4 Å². The Bertz CT molecular complexity index is 974. The number of thiazole rings is 1. The third-order valence-corrected chi connectivity index (χ3v) is 8.21. The number of fused-ring (bicyclic) bond motifs is 1. The molecule has 1 aliphatic heterocycles. The number of urea groups is 1. The summed E-state index contributed by atoms with van der Waals surface area (Å²) >= 11 is 1.52. The van der Waals surface area contributed by atoms with E-state index in [0.717, 1.165) is 39.4 Å². The van der Waals surface area contributed by atoms with Crippen LogP contribution in [0.25, 0.3) is 10.2 Å². The fourth-order valence-corrected chi connectivity index (χ4v) is 5.62. The molecule has 0 bridgehead atoms. The summed E-state index contributed by atoms with van der Waals surface area (Å²) in [6, 6.07) is 7.33. The normalized spacial score (nSPS) is 24.1. The summed E-state index contributed by atoms with van der Waals surface area (Å²) in [6.07, 6.45) is 4.17. The number of amides is 4. The van der Waals surface area contributed by atoms with Crippen LogP contribution in [0, 0.1) is 11.3 Å². The molecule has 2 aromatic rings. The number of carbonyl (C=O) groups excluding carboxylic acids is 3. The fourth-order valence-electron chi connectivity index (χ4n) is 4.71. The van der Waals surface area contributed by atoms with Crippen LogP contribution in [0.2, 0.25) is 0 Å². The topological polar surface area (TPSA) is 91.4 Å². The van der Waals surface area contributed by atoms with Gasteiger partial charge in [0.1, 0.15) is 17.1 Å². The quantitative estimate of drug-likeness (QED) is 0.665. The molecular formula is C23H30N4O3S. The molecule has 31 heavy (non-hydrogen) atoms. The van der Waals surface area contributed by atoms with Crippen LogP contribution < -0.4 is 10.6 Å². The van der Waals surface area contributed by atoms with Crippen LogP contribution in [0.3, 0.4) is 0 Å². The van der Waals surface area contributed by atoms with Gasteiger partial charge >= 0.3 is 6.03 Å². The van der Waals surface area contributed by atoms with Crippen molar-refractivity contribution in [2.75, 3.05) is 6.54 Å². The van der Waals surface area contributed by atoms with E-state index >= 15 is 0 Å². The molecule has 8 heteroatoms. The number of carbonyl (C=O) groups is 3. The van der Waals surface area contributed by atoms with Gasteiger partial charge in [0.2, 0.25) is 5.91 Å². The zero-order valence-corrected chi connectivity index (χ0v) is 19.2. The maximum Gasteiger partial charge on any atom is 0.325 e. The number of nitrogens with one attached hydrogen (secondary N) is 2. The van der Waals surface area contributed by atoms with Crippen LogP contribution in [-0.2, 0) is 16.1 Å². The Morgan fingerprint density at radius 1 is 1.29 bits per heavy atom. The molecule has 1 saturated heterocycles. The van der Waals surface area contributed by atoms with Gasteiger partial charge in [-0.15, -0.1) is 11.3 Å². The first-order valence-electron chi connectivity index (χ1n) is 11.0. The fraction of sp³-hybridized carbons (Fsp3) is 0.565. The number of benzene rings is 1. The number of aromatic nitrogens is 1. The molecule has 4 amide bonds. The van der Waals surface area contributed by atoms with Crippen molar-refractivity contribution < 1.29 is 14.4 Å². The monoisotopic (exact) mass is 442 g/mol. The molecule has 0 radical (unpaired) electrons. The van der Waals surface area contributed by atoms with E-state index in [1.165, 1.54) is 11.3 Å². The summed E-state index contributed by atoms with van der Waals surface area (Å²) in [4.78, 5) is 43.6. The Balaban J connectivity index is 1.34. The standard InChI is InChI=1S/C23H30N4O3S/c1-4-22(2,3)15-9-11-23(12-10-15)20(29)27(21(30)26-23)14-18(28)24-13-19-25-16-7-5-6-8-17(16)31-19/h5-8,15H,4,9-14H2,1-3H3,(H,24,28)(H,26,30). The summed E-state index contributed by atoms with van der Waals surface area (Å²) in [5.74, 6) is -0.0833. The van der Waals surface area contributed by atoms with Crippen LogP contribution in [0.1, 0.15) is 57.9 Å². The Morgan fingerprint density at radius 2 is 2.00 bits per heavy atom. The van der Waals surface area contributed by atoms with Crippen molar-refractivity contribution in [2.45, 2.75) is 65.0 Å². The number of hydrogen-bond donors (Lipinski definition) is 2. The lowest BCUT2D eigenvalue weighted by Gasteiger charge is -2.42. The number of rotatable bonds is 6. The molecule has 7 nitrogen and oxygen atoms in total. The van der Waals surface area contributed by atoms with Crippen LogP contribution in [0.4, 0.5) is 4.79 Å². The first kappa shape index (κ1) is 21.7. The molecule has 1 saturated carbocycles. The van der Waals surface area contributed by atoms with Crippen LogP contribution in [0.15, 0.2) is 24.3 Å². The lowest BCUT2D eigenvalue weighted by Crippen LogP contribution is -2.51. The van der Waals surface area contributed by atoms with Crippen molar-refractivity contribution in [3.05, 3.63) is 29.3 Å². The maximum atomic E-state index is 13.1. The van der Waals surface area contributed by atoms with Gasteiger partial charge in [0.15, 0.2) is 0 Å². The van der Waals surface area contributed by atoms with Gasteiger partial charge in [0.05, 0.1) is 16.8 Å². The van der Waals surface area contributed by atoms with Crippen LogP contribution >= 0.6 is 11.3 Å². The highest BCUT2D eigenvalue weighted by Crippen LogP contribution is 2.45. The highest BCUT2D eigenvalue weighted by atomic mass is 32.1. The first-order valence-corrected chi connectivity index (χ1v) is 11.8. The molecule has 2 N–H and O–H groups in total. The second-order valence-electron chi connectivity index (χ2n) is 9.37. The first-order chi connectivity index (χ1) is 14.7. The molecule has 1 aliphatic carbocycles. The van der Waals surface area contributed by atoms with E-state index in [0.29, 0.717) is 18.8 Å². The Morgan fingerprint density at radius 3 is 2.68 bits per heavy atom. The summed E-state index contributed by atoms with van der Waals surface area (Å²) in [6.45, 7) is 6.75. The van der Waals surface area contributed by atoms with E-state index < -0.39 is 11.6 Å². The second kappa shape index (κ2) is 8.22. The SMILES string of the molecule is CCC(C)(C)C1CCC2(CC1)NC(=O)N(CC(=O)NCc1nc3ccccc3s1)C2=O. The third kappa shape index (κ3) is 4.18. The lowest BCUT2D eigenvalue weighted by atomic mass is 9.65. The molecule has 2 aliphatic rings. The van der Waals surface area contributed by atoms with Gasteiger partial charge in [0.25, 0.3) is 5.91 Å². The average molecular weight is 443 g/mol. The van der Waals surface area contributed by atoms with Crippen LogP contribution in [0.5, 0.6) is 0 Å². The summed E-state index contributed by atoms with van der Waals surface area (Å²) in [7, 11) is 0. The molecule has 2 fully saturated rings. The molecule has 166 valence electrons. The summed E-state index contributed by atoms with van der Waals surface area (Å²) in [5.41, 5.74) is 0.285. The minimum atomic E-state index is -0.843. The van der Waals surface area contributed by atoms with Gasteiger partial charge in [-0.25, -0.2) is 9.78 Å². The Hall–Kier alpha value is -2.48. The molecule has 4 rings (SSSR count). The Kier molecular flexibility index (Phi) is 5.77. The number of nitrogens with zero attached hydrogens (tertiary/aromatic N) is 2. The lowest BCUT2D eigenvalue weighted by molar-refractivity contribution is -0.136. The molecule has 2 heterocycles. The summed E-state index contributed by atoms with van der Waals surface area (Å²) < 4.78 is 1.06. The van der Waals surface area contributed by atoms with E-state index in [4.69, 9.17) is 0 Å². The van der Waals surface area contributed by atoms with Gasteiger partial charge in [-0.1, -0.05) is 39.3 Å². The summed E-state index contributed by atoms with van der Waals surface area (Å²) in [5, 5.41) is 6.48. The van der Waals surface area contributed by atoms with Gasteiger partial charge in [0, 0.05) is 0 Å². The predicted molar refractivity (Wildman–Crippen MR) is 120 cm³/mol. The second-order valence-corrected chi connectivity index (χ2v) is 10.5. The third-order valence-electron chi connectivity index (χ3n) is 7.18. The van der Waals surface area contributed by atoms with Crippen molar-refractivity contribution in [1.82, 2.24) is 20.5 Å². The molecule has 1 aromatic heterocycles. The van der Waals surface area contributed by atoms with Gasteiger partial charge in [-0.2, -0.15) is 0 Å². The molecule has 0 atom stereocenters. The minimum absolute atomic E-state index is 0.230. The van der Waals surface area contributed by atoms with Gasteiger partial charge in [-0.05, 0) is 49.1 Å². The van der Waals surface area contributed by atoms with Crippen molar-refractivity contribution in [3.63, 3.8) is 0 Å². The van der Waals surface area contributed by atoms with Gasteiger partial charge < -0.3 is 10.6 Å². The molecule has 1 spiro atoms. The number of para-hydroxylation sites is 1.